The molecule has 2 aliphatic rings. The van der Waals surface area contributed by atoms with Gasteiger partial charge in [-0.1, -0.05) is 49.2 Å². The summed E-state index contributed by atoms with van der Waals surface area (Å²) in [4.78, 5) is 58.8. The minimum atomic E-state index is -3.82. The summed E-state index contributed by atoms with van der Waals surface area (Å²) in [5, 5.41) is -1.35. The normalized spacial score (nSPS) is 19.9. The molecule has 2 saturated carbocycles. The van der Waals surface area contributed by atoms with Crippen LogP contribution in [-0.4, -0.2) is 133 Å². The van der Waals surface area contributed by atoms with E-state index in [4.69, 9.17) is 42.1 Å². The van der Waals surface area contributed by atoms with E-state index in [-0.39, 0.29) is 58.6 Å². The van der Waals surface area contributed by atoms with Gasteiger partial charge in [0.05, 0.1) is 46.8 Å². The summed E-state index contributed by atoms with van der Waals surface area (Å²) in [7, 11) is -1.97. The van der Waals surface area contributed by atoms with Gasteiger partial charge in [0.1, 0.15) is 46.8 Å². The van der Waals surface area contributed by atoms with E-state index in [1.165, 1.54) is 79.2 Å². The van der Waals surface area contributed by atoms with Crippen molar-refractivity contribution < 1.29 is 45.4 Å². The maximum absolute atomic E-state index is 13.3. The molecule has 4 aromatic heterocycles. The maximum atomic E-state index is 13.3. The second-order valence-electron chi connectivity index (χ2n) is 16.5. The highest BCUT2D eigenvalue weighted by atomic mass is 35.5. The molecule has 0 aromatic carbocycles. The molecule has 4 aromatic rings. The first-order valence-electron chi connectivity index (χ1n) is 22.0. The van der Waals surface area contributed by atoms with Crippen molar-refractivity contribution in [2.24, 2.45) is 21.8 Å². The predicted octanol–water partition coefficient (Wildman–Crippen LogP) is 4.31. The lowest BCUT2D eigenvalue weighted by Gasteiger charge is -2.31. The zero-order chi connectivity index (χ0) is 51.2. The van der Waals surface area contributed by atoms with Crippen molar-refractivity contribution in [2.75, 3.05) is 39.9 Å². The largest absolute Gasteiger partial charge is 0.481 e. The molecule has 4 heterocycles. The number of carbonyl (C=O) groups is 2. The molecule has 8 atom stereocenters. The van der Waals surface area contributed by atoms with Crippen LogP contribution in [0.25, 0.3) is 0 Å². The van der Waals surface area contributed by atoms with Crippen LogP contribution in [0, 0.1) is 11.8 Å². The minimum absolute atomic E-state index is 0.0346. The molecule has 6 rings (SSSR count). The van der Waals surface area contributed by atoms with Gasteiger partial charge < -0.3 is 18.9 Å². The summed E-state index contributed by atoms with van der Waals surface area (Å²) in [6, 6.07) is 9.43. The zero-order valence-corrected chi connectivity index (χ0v) is 43.0. The van der Waals surface area contributed by atoms with Gasteiger partial charge >= 0.3 is 0 Å². The van der Waals surface area contributed by atoms with Crippen LogP contribution >= 0.6 is 23.2 Å². The lowest BCUT2D eigenvalue weighted by molar-refractivity contribution is 0.0929. The second-order valence-corrected chi connectivity index (χ2v) is 22.1. The zero-order valence-electron chi connectivity index (χ0n) is 39.9. The van der Waals surface area contributed by atoms with Crippen LogP contribution in [0.5, 0.6) is 11.8 Å². The van der Waals surface area contributed by atoms with Gasteiger partial charge in [-0.15, -0.1) is 0 Å². The van der Waals surface area contributed by atoms with Crippen LogP contribution in [0.1, 0.15) is 98.2 Å². The molecule has 22 nitrogen and oxygen atoms in total. The fourth-order valence-electron chi connectivity index (χ4n) is 6.96. The van der Waals surface area contributed by atoms with Crippen LogP contribution in [0.15, 0.2) is 71.2 Å². The summed E-state index contributed by atoms with van der Waals surface area (Å²) in [6.45, 7) is 7.13. The first-order valence-corrected chi connectivity index (χ1v) is 26.2. The SMILES string of the molecule is COc1cccc(C(=O)NNC(CS(=O)(=O)[C@@H](C)[C@H](OC)c2ncc(Cl)cn2)=N[C@@H]2CC[C@H]2C)n1.COc1cccc(C(=O)NNC(CS(=O)(=O)[C@@H](C)[C@H](OC)c2ncc(Cl)cn2)=N[C@H]2CC[C@@H]2C)n1. The third-order valence-electron chi connectivity index (χ3n) is 11.7. The van der Waals surface area contributed by atoms with Gasteiger partial charge in [0.25, 0.3) is 11.8 Å². The molecule has 0 bridgehead atoms. The Morgan fingerprint density at radius 2 is 0.971 bits per heavy atom. The number of sulfone groups is 2. The molecule has 26 heteroatoms. The number of nitrogens with one attached hydrogen (secondary N) is 4. The third-order valence-corrected chi connectivity index (χ3v) is 16.2. The summed E-state index contributed by atoms with van der Waals surface area (Å²) in [6.07, 6.45) is 7.36. The van der Waals surface area contributed by atoms with Gasteiger partial charge in [-0.3, -0.25) is 41.3 Å². The first-order chi connectivity index (χ1) is 33.3. The van der Waals surface area contributed by atoms with Crippen molar-refractivity contribution in [3.63, 3.8) is 0 Å². The number of aliphatic imine (C=N–C) groups is 2. The Hall–Kier alpha value is -5.66. The van der Waals surface area contributed by atoms with Crippen molar-refractivity contribution in [3.8, 4) is 11.8 Å². The number of aromatic nitrogens is 6. The van der Waals surface area contributed by atoms with Crippen molar-refractivity contribution in [2.45, 2.75) is 88.2 Å². The van der Waals surface area contributed by atoms with Crippen LogP contribution in [-0.2, 0) is 29.1 Å². The Labute approximate surface area is 417 Å². The molecule has 380 valence electrons. The average molecular weight is 1050 g/mol. The second kappa shape index (κ2) is 25.5. The van der Waals surface area contributed by atoms with Crippen LogP contribution in [0.3, 0.4) is 0 Å². The fraction of sp³-hybridized carbons (Fsp3) is 0.500. The van der Waals surface area contributed by atoms with Gasteiger partial charge in [-0.25, -0.2) is 46.7 Å². The van der Waals surface area contributed by atoms with Gasteiger partial charge in [0, 0.05) is 51.1 Å². The number of ether oxygens (including phenoxy) is 4. The van der Waals surface area contributed by atoms with E-state index in [2.05, 4.69) is 61.6 Å². The van der Waals surface area contributed by atoms with Crippen molar-refractivity contribution in [1.82, 2.24) is 51.6 Å². The monoisotopic (exact) mass is 1050 g/mol. The quantitative estimate of drug-likeness (QED) is 0.0613. The van der Waals surface area contributed by atoms with E-state index in [1.807, 2.05) is 13.8 Å². The number of pyridine rings is 2. The molecule has 0 spiro atoms. The predicted molar refractivity (Wildman–Crippen MR) is 262 cm³/mol. The van der Waals surface area contributed by atoms with Gasteiger partial charge in [-0.2, -0.15) is 0 Å². The number of amidine groups is 2. The van der Waals surface area contributed by atoms with E-state index >= 15 is 0 Å². The van der Waals surface area contributed by atoms with E-state index in [1.54, 1.807) is 24.3 Å². The van der Waals surface area contributed by atoms with Crippen molar-refractivity contribution in [3.05, 3.63) is 94.3 Å². The highest BCUT2D eigenvalue weighted by molar-refractivity contribution is 7.93. The van der Waals surface area contributed by atoms with Gasteiger partial charge in [-0.05, 0) is 63.5 Å². The number of carbonyl (C=O) groups excluding carboxylic acids is 2. The van der Waals surface area contributed by atoms with Gasteiger partial charge in [0.15, 0.2) is 31.3 Å². The number of methoxy groups -OCH3 is 4. The number of halogens is 2. The summed E-state index contributed by atoms with van der Waals surface area (Å²) in [5.74, 6) is -0.188. The number of hydrogen-bond acceptors (Lipinski definition) is 18. The number of hydrogen-bond donors (Lipinski definition) is 4. The fourth-order valence-corrected chi connectivity index (χ4v) is 9.96. The lowest BCUT2D eigenvalue weighted by atomic mass is 9.82. The molecule has 0 aliphatic heterocycles. The summed E-state index contributed by atoms with van der Waals surface area (Å²) < 4.78 is 74.2. The minimum Gasteiger partial charge on any atom is -0.481 e. The van der Waals surface area contributed by atoms with Crippen molar-refractivity contribution >= 4 is 66.4 Å². The third kappa shape index (κ3) is 15.2. The molecule has 2 aliphatic carbocycles. The van der Waals surface area contributed by atoms with Gasteiger partial charge in [0.2, 0.25) is 11.8 Å². The summed E-state index contributed by atoms with van der Waals surface area (Å²) >= 11 is 11.7. The molecular weight excluding hydrogens is 992 g/mol. The highest BCUT2D eigenvalue weighted by Gasteiger charge is 2.37. The van der Waals surface area contributed by atoms with E-state index < -0.39 is 65.7 Å². The molecule has 2 fully saturated rings. The Morgan fingerprint density at radius 3 is 1.26 bits per heavy atom. The number of hydrazine groups is 2. The number of rotatable bonds is 18. The van der Waals surface area contributed by atoms with Crippen molar-refractivity contribution in [1.29, 1.82) is 0 Å². The highest BCUT2D eigenvalue weighted by Crippen LogP contribution is 2.31. The average Bonchev–Trinajstić information content (AvgIpc) is 3.35. The Morgan fingerprint density at radius 1 is 0.614 bits per heavy atom. The Bertz CT molecular complexity index is 2510. The molecule has 0 radical (unpaired) electrons. The maximum Gasteiger partial charge on any atom is 0.288 e. The van der Waals surface area contributed by atoms with E-state index in [9.17, 15) is 26.4 Å². The van der Waals surface area contributed by atoms with Crippen LogP contribution in [0.4, 0.5) is 0 Å². The Balaban J connectivity index is 0.000000261. The smallest absolute Gasteiger partial charge is 0.288 e. The molecule has 0 saturated heterocycles. The number of nitrogens with zero attached hydrogens (tertiary/aromatic N) is 8. The topological polar surface area (TPSA) is 290 Å². The molecule has 0 unspecified atom stereocenters. The summed E-state index contributed by atoms with van der Waals surface area (Å²) in [5.41, 5.74) is 10.6. The van der Waals surface area contributed by atoms with E-state index in [0.717, 1.165) is 25.7 Å². The van der Waals surface area contributed by atoms with Crippen LogP contribution in [0.2, 0.25) is 10.0 Å². The molecular formula is C44H58Cl2N12O10S2. The molecule has 4 N–H and O–H groups in total. The Kier molecular flexibility index (Phi) is 20.1. The molecule has 70 heavy (non-hydrogen) atoms. The standard InChI is InChI=1S/2C22H29ClN6O5S/c2*1-13-8-9-16(13)26-18(28-29-22(30)17-6-5-7-19(27-17)33-3)12-35(31,32)14(2)20(34-4)21-24-10-15(23)11-25-21/h2*5-7,10-11,13-14,16,20H,8-9,12H2,1-4H3,(H,26,28)(H,29,30)/t13-,14+,16-,20+;13-,14-,16-,20-/m10/s1. The lowest BCUT2D eigenvalue weighted by Crippen LogP contribution is -2.47. The van der Waals surface area contributed by atoms with E-state index in [0.29, 0.717) is 21.9 Å². The van der Waals surface area contributed by atoms with Crippen LogP contribution < -0.4 is 31.2 Å². The number of amides is 2. The first kappa shape index (κ1) is 55.3. The molecule has 2 amide bonds.